The Balaban J connectivity index is 2.16. The summed E-state index contributed by atoms with van der Waals surface area (Å²) >= 11 is 0. The molecule has 1 N–H and O–H groups in total. The molecular formula is C14H21N3O3. The van der Waals surface area contributed by atoms with Crippen LogP contribution < -0.4 is 10.2 Å². The number of rotatable bonds is 5. The lowest BCUT2D eigenvalue weighted by molar-refractivity contribution is 0.0935. The van der Waals surface area contributed by atoms with Crippen molar-refractivity contribution in [3.05, 3.63) is 23.4 Å². The van der Waals surface area contributed by atoms with Crippen LogP contribution in [0.3, 0.4) is 0 Å². The molecule has 0 atom stereocenters. The number of nitrogens with one attached hydrogen (secondary N) is 1. The molecule has 2 rings (SSSR count). The van der Waals surface area contributed by atoms with E-state index in [1.165, 1.54) is 0 Å². The van der Waals surface area contributed by atoms with Crippen LogP contribution in [0.1, 0.15) is 16.1 Å². The summed E-state index contributed by atoms with van der Waals surface area (Å²) < 4.78 is 10.3. The zero-order valence-electron chi connectivity index (χ0n) is 12.0. The molecular weight excluding hydrogens is 258 g/mol. The van der Waals surface area contributed by atoms with Gasteiger partial charge in [-0.25, -0.2) is 4.98 Å². The van der Waals surface area contributed by atoms with Gasteiger partial charge in [-0.05, 0) is 19.1 Å². The molecule has 0 aliphatic carbocycles. The Morgan fingerprint density at radius 1 is 1.45 bits per heavy atom. The van der Waals surface area contributed by atoms with Crippen LogP contribution in [0.4, 0.5) is 5.82 Å². The van der Waals surface area contributed by atoms with Crippen LogP contribution in [-0.2, 0) is 9.47 Å². The highest BCUT2D eigenvalue weighted by Crippen LogP contribution is 2.19. The average molecular weight is 279 g/mol. The third kappa shape index (κ3) is 3.68. The predicted octanol–water partition coefficient (Wildman–Crippen LogP) is 0.603. The van der Waals surface area contributed by atoms with Gasteiger partial charge in [0.05, 0.1) is 25.4 Å². The molecule has 1 fully saturated rings. The fourth-order valence-electron chi connectivity index (χ4n) is 2.10. The number of ether oxygens (including phenoxy) is 2. The van der Waals surface area contributed by atoms with Crippen LogP contribution in [0.15, 0.2) is 12.1 Å². The van der Waals surface area contributed by atoms with Crippen molar-refractivity contribution in [1.82, 2.24) is 10.3 Å². The lowest BCUT2D eigenvalue weighted by Gasteiger charge is -2.29. The fraction of sp³-hybridized carbons (Fsp3) is 0.571. The van der Waals surface area contributed by atoms with Gasteiger partial charge in [-0.2, -0.15) is 0 Å². The SMILES string of the molecule is COCCNC(=O)c1ccc(C)nc1N1CCOCC1. The summed E-state index contributed by atoms with van der Waals surface area (Å²) in [6.07, 6.45) is 0. The van der Waals surface area contributed by atoms with Crippen LogP contribution >= 0.6 is 0 Å². The van der Waals surface area contributed by atoms with E-state index in [1.807, 2.05) is 19.1 Å². The summed E-state index contributed by atoms with van der Waals surface area (Å²) in [7, 11) is 1.61. The monoisotopic (exact) mass is 279 g/mol. The van der Waals surface area contributed by atoms with Crippen LogP contribution in [0.5, 0.6) is 0 Å². The Hall–Kier alpha value is -1.66. The molecule has 0 unspecified atom stereocenters. The van der Waals surface area contributed by atoms with E-state index in [2.05, 4.69) is 15.2 Å². The van der Waals surface area contributed by atoms with E-state index in [4.69, 9.17) is 9.47 Å². The van der Waals surface area contributed by atoms with Crippen LogP contribution in [0.2, 0.25) is 0 Å². The Kier molecular flexibility index (Phi) is 5.31. The molecule has 6 heteroatoms. The fourth-order valence-corrected chi connectivity index (χ4v) is 2.10. The number of anilines is 1. The van der Waals surface area contributed by atoms with Gasteiger partial charge in [0.2, 0.25) is 0 Å². The lowest BCUT2D eigenvalue weighted by Crippen LogP contribution is -2.39. The molecule has 1 aromatic rings. The first-order chi connectivity index (χ1) is 9.72. The number of pyridine rings is 1. The van der Waals surface area contributed by atoms with E-state index in [9.17, 15) is 4.79 Å². The molecule has 0 radical (unpaired) electrons. The molecule has 0 aromatic carbocycles. The van der Waals surface area contributed by atoms with E-state index in [0.29, 0.717) is 31.9 Å². The number of carbonyl (C=O) groups is 1. The third-order valence-electron chi connectivity index (χ3n) is 3.16. The summed E-state index contributed by atoms with van der Waals surface area (Å²) in [5.74, 6) is 0.624. The largest absolute Gasteiger partial charge is 0.383 e. The van der Waals surface area contributed by atoms with Gasteiger partial charge in [0, 0.05) is 32.4 Å². The smallest absolute Gasteiger partial charge is 0.255 e. The van der Waals surface area contributed by atoms with Gasteiger partial charge < -0.3 is 19.7 Å². The highest BCUT2D eigenvalue weighted by molar-refractivity contribution is 5.99. The molecule has 0 spiro atoms. The Labute approximate surface area is 119 Å². The number of hydrogen-bond acceptors (Lipinski definition) is 5. The highest BCUT2D eigenvalue weighted by atomic mass is 16.5. The first kappa shape index (κ1) is 14.7. The summed E-state index contributed by atoms with van der Waals surface area (Å²) in [6, 6.07) is 3.68. The second-order valence-electron chi connectivity index (χ2n) is 4.67. The Morgan fingerprint density at radius 3 is 2.90 bits per heavy atom. The van der Waals surface area contributed by atoms with E-state index in [0.717, 1.165) is 24.6 Å². The Morgan fingerprint density at radius 2 is 2.20 bits per heavy atom. The predicted molar refractivity (Wildman–Crippen MR) is 76.2 cm³/mol. The molecule has 2 heterocycles. The number of aromatic nitrogens is 1. The van der Waals surface area contributed by atoms with Crippen molar-refractivity contribution in [2.75, 3.05) is 51.5 Å². The Bertz CT molecular complexity index is 459. The number of carbonyl (C=O) groups excluding carboxylic acids is 1. The summed E-state index contributed by atoms with van der Waals surface area (Å²) in [5.41, 5.74) is 1.51. The first-order valence-corrected chi connectivity index (χ1v) is 6.80. The second-order valence-corrected chi connectivity index (χ2v) is 4.67. The minimum Gasteiger partial charge on any atom is -0.383 e. The standard InChI is InChI=1S/C14H21N3O3/c1-11-3-4-12(14(18)15-5-8-19-2)13(16-11)17-6-9-20-10-7-17/h3-4H,5-10H2,1-2H3,(H,15,18). The topological polar surface area (TPSA) is 63.7 Å². The van der Waals surface area contributed by atoms with Crippen LogP contribution in [-0.4, -0.2) is 57.5 Å². The van der Waals surface area contributed by atoms with Crippen molar-refractivity contribution in [3.8, 4) is 0 Å². The maximum Gasteiger partial charge on any atom is 0.255 e. The zero-order valence-corrected chi connectivity index (χ0v) is 12.0. The summed E-state index contributed by atoms with van der Waals surface area (Å²) in [4.78, 5) is 18.9. The molecule has 1 aromatic heterocycles. The number of hydrogen-bond donors (Lipinski definition) is 1. The number of amides is 1. The lowest BCUT2D eigenvalue weighted by atomic mass is 10.2. The average Bonchev–Trinajstić information content (AvgIpc) is 2.48. The van der Waals surface area contributed by atoms with Gasteiger partial charge in [-0.1, -0.05) is 0 Å². The maximum atomic E-state index is 12.2. The first-order valence-electron chi connectivity index (χ1n) is 6.80. The van der Waals surface area contributed by atoms with E-state index in [1.54, 1.807) is 7.11 Å². The van der Waals surface area contributed by atoms with E-state index < -0.39 is 0 Å². The van der Waals surface area contributed by atoms with Gasteiger partial charge >= 0.3 is 0 Å². The van der Waals surface area contributed by atoms with Crippen molar-refractivity contribution < 1.29 is 14.3 Å². The number of aryl methyl sites for hydroxylation is 1. The van der Waals surface area contributed by atoms with Gasteiger partial charge in [0.25, 0.3) is 5.91 Å². The highest BCUT2D eigenvalue weighted by Gasteiger charge is 2.20. The maximum absolute atomic E-state index is 12.2. The number of nitrogens with zero attached hydrogens (tertiary/aromatic N) is 2. The quantitative estimate of drug-likeness (QED) is 0.800. The van der Waals surface area contributed by atoms with Gasteiger partial charge in [-0.3, -0.25) is 4.79 Å². The van der Waals surface area contributed by atoms with Crippen molar-refractivity contribution in [1.29, 1.82) is 0 Å². The van der Waals surface area contributed by atoms with Crippen molar-refractivity contribution in [3.63, 3.8) is 0 Å². The van der Waals surface area contributed by atoms with Crippen LogP contribution in [0.25, 0.3) is 0 Å². The molecule has 1 amide bonds. The molecule has 6 nitrogen and oxygen atoms in total. The van der Waals surface area contributed by atoms with Gasteiger partial charge in [0.1, 0.15) is 5.82 Å². The number of methoxy groups -OCH3 is 1. The molecule has 0 bridgehead atoms. The molecule has 1 aliphatic heterocycles. The van der Waals surface area contributed by atoms with Crippen molar-refractivity contribution in [2.45, 2.75) is 6.92 Å². The summed E-state index contributed by atoms with van der Waals surface area (Å²) in [5, 5.41) is 2.84. The van der Waals surface area contributed by atoms with E-state index in [-0.39, 0.29) is 5.91 Å². The minimum absolute atomic E-state index is 0.115. The third-order valence-corrected chi connectivity index (χ3v) is 3.16. The summed E-state index contributed by atoms with van der Waals surface area (Å²) in [6.45, 7) is 5.77. The molecule has 110 valence electrons. The molecule has 20 heavy (non-hydrogen) atoms. The molecule has 1 aliphatic rings. The van der Waals surface area contributed by atoms with Crippen molar-refractivity contribution >= 4 is 11.7 Å². The van der Waals surface area contributed by atoms with Gasteiger partial charge in [0.15, 0.2) is 0 Å². The normalized spacial score (nSPS) is 15.2. The van der Waals surface area contributed by atoms with E-state index >= 15 is 0 Å². The van der Waals surface area contributed by atoms with Gasteiger partial charge in [-0.15, -0.1) is 0 Å². The molecule has 1 saturated heterocycles. The molecule has 0 saturated carbocycles. The second kappa shape index (κ2) is 7.21. The van der Waals surface area contributed by atoms with Crippen molar-refractivity contribution in [2.24, 2.45) is 0 Å². The zero-order chi connectivity index (χ0) is 14.4. The minimum atomic E-state index is -0.115. The van der Waals surface area contributed by atoms with Crippen LogP contribution in [0, 0.1) is 6.92 Å². The number of morpholine rings is 1.